The van der Waals surface area contributed by atoms with Gasteiger partial charge in [-0.3, -0.25) is 4.79 Å². The zero-order chi connectivity index (χ0) is 23.9. The lowest BCUT2D eigenvalue weighted by Gasteiger charge is -2.28. The number of piperidine rings is 1. The number of aromatic hydroxyl groups is 1. The Hall–Kier alpha value is -2.61. The number of phenols is 1. The van der Waals surface area contributed by atoms with Crippen molar-refractivity contribution in [1.82, 2.24) is 10.2 Å². The van der Waals surface area contributed by atoms with Crippen molar-refractivity contribution < 1.29 is 24.9 Å². The molecule has 4 N–H and O–H groups in total. The number of nitrogens with one attached hydrogen (secondary N) is 1. The highest BCUT2D eigenvalue weighted by atomic mass is 16.5. The highest BCUT2D eigenvalue weighted by molar-refractivity contribution is 5.77. The molecule has 0 spiro atoms. The first-order valence-corrected chi connectivity index (χ1v) is 12.4. The Kier molecular flexibility index (Phi) is 8.43. The molecule has 184 valence electrons. The van der Waals surface area contributed by atoms with Crippen molar-refractivity contribution in [2.75, 3.05) is 32.8 Å². The fourth-order valence-electron chi connectivity index (χ4n) is 4.91. The molecule has 7 heteroatoms. The molecule has 1 fully saturated rings. The number of benzene rings is 2. The molecule has 2 atom stereocenters. The number of nitrogens with zero attached hydrogens (tertiary/aromatic N) is 1. The lowest BCUT2D eigenvalue weighted by atomic mass is 9.88. The van der Waals surface area contributed by atoms with Gasteiger partial charge in [-0.15, -0.1) is 0 Å². The van der Waals surface area contributed by atoms with Gasteiger partial charge < -0.3 is 30.3 Å². The summed E-state index contributed by atoms with van der Waals surface area (Å²) in [4.78, 5) is 14.3. The van der Waals surface area contributed by atoms with Crippen LogP contribution in [0.2, 0.25) is 0 Å². The molecule has 2 aliphatic rings. The molecule has 0 unspecified atom stereocenters. The molecule has 4 rings (SSSR count). The first-order valence-electron chi connectivity index (χ1n) is 12.4. The molecule has 2 aromatic carbocycles. The second kappa shape index (κ2) is 11.7. The molecule has 0 radical (unpaired) electrons. The van der Waals surface area contributed by atoms with Crippen LogP contribution in [0.4, 0.5) is 0 Å². The Labute approximate surface area is 201 Å². The number of amides is 1. The van der Waals surface area contributed by atoms with E-state index in [1.807, 2.05) is 17.0 Å². The van der Waals surface area contributed by atoms with Gasteiger partial charge in [-0.2, -0.15) is 0 Å². The lowest BCUT2D eigenvalue weighted by Crippen LogP contribution is -2.38. The summed E-state index contributed by atoms with van der Waals surface area (Å²) in [6, 6.07) is 11.4. The summed E-state index contributed by atoms with van der Waals surface area (Å²) in [5.74, 6) is 0.921. The maximum Gasteiger partial charge on any atom is 0.260 e. The number of aryl methyl sites for hydroxylation is 1. The third-order valence-corrected chi connectivity index (χ3v) is 6.95. The Bertz CT molecular complexity index is 973. The average Bonchev–Trinajstić information content (AvgIpc) is 2.87. The predicted octanol–water partition coefficient (Wildman–Crippen LogP) is 2.50. The minimum Gasteiger partial charge on any atom is -0.508 e. The molecule has 7 nitrogen and oxygen atoms in total. The van der Waals surface area contributed by atoms with E-state index in [1.54, 1.807) is 18.2 Å². The van der Waals surface area contributed by atoms with Gasteiger partial charge in [-0.25, -0.2) is 0 Å². The number of hydrogen-bond acceptors (Lipinski definition) is 6. The molecule has 34 heavy (non-hydrogen) atoms. The topological polar surface area (TPSA) is 102 Å². The molecule has 0 bridgehead atoms. The summed E-state index contributed by atoms with van der Waals surface area (Å²) >= 11 is 0. The molecular formula is C27H36N2O5. The van der Waals surface area contributed by atoms with Crippen LogP contribution < -0.4 is 10.1 Å². The maximum absolute atomic E-state index is 12.4. The SMILES string of the molecule is O=C(COc1ccc2c(c1)C[C@@H](NC[C@H](O)c1ccc(O)c(CCO)c1)CC2)N1CCCCC1. The number of hydrogen-bond donors (Lipinski definition) is 4. The van der Waals surface area contributed by atoms with E-state index < -0.39 is 6.10 Å². The van der Waals surface area contributed by atoms with Crippen LogP contribution in [-0.2, 0) is 24.1 Å². The summed E-state index contributed by atoms with van der Waals surface area (Å²) in [7, 11) is 0. The van der Waals surface area contributed by atoms with Crippen molar-refractivity contribution in [1.29, 1.82) is 0 Å². The van der Waals surface area contributed by atoms with Gasteiger partial charge in [0, 0.05) is 32.3 Å². The summed E-state index contributed by atoms with van der Waals surface area (Å²) in [5.41, 5.74) is 3.88. The smallest absolute Gasteiger partial charge is 0.260 e. The maximum atomic E-state index is 12.4. The fraction of sp³-hybridized carbons (Fsp3) is 0.519. The molecule has 2 aromatic rings. The average molecular weight is 469 g/mol. The number of ether oxygens (including phenoxy) is 1. The van der Waals surface area contributed by atoms with Crippen LogP contribution in [0.25, 0.3) is 0 Å². The number of fused-ring (bicyclic) bond motifs is 1. The molecule has 0 saturated carbocycles. The van der Waals surface area contributed by atoms with Gasteiger partial charge in [0.25, 0.3) is 5.91 Å². The Balaban J connectivity index is 1.29. The Morgan fingerprint density at radius 3 is 2.74 bits per heavy atom. The molecule has 1 aliphatic carbocycles. The van der Waals surface area contributed by atoms with E-state index in [0.29, 0.717) is 18.5 Å². The molecule has 0 aromatic heterocycles. The van der Waals surface area contributed by atoms with Gasteiger partial charge in [-0.05, 0) is 91.5 Å². The van der Waals surface area contributed by atoms with Crippen LogP contribution in [0, 0.1) is 0 Å². The normalized spacial score (nSPS) is 18.9. The van der Waals surface area contributed by atoms with Gasteiger partial charge in [0.1, 0.15) is 11.5 Å². The van der Waals surface area contributed by atoms with E-state index in [2.05, 4.69) is 11.4 Å². The minimum atomic E-state index is -0.699. The highest BCUT2D eigenvalue weighted by Gasteiger charge is 2.21. The number of aliphatic hydroxyl groups is 2. The second-order valence-corrected chi connectivity index (χ2v) is 9.39. The third kappa shape index (κ3) is 6.29. The summed E-state index contributed by atoms with van der Waals surface area (Å²) < 4.78 is 5.83. The summed E-state index contributed by atoms with van der Waals surface area (Å²) in [5, 5.41) is 33.2. The number of aliphatic hydroxyl groups excluding tert-OH is 2. The van der Waals surface area contributed by atoms with Crippen molar-refractivity contribution in [3.05, 3.63) is 58.7 Å². The van der Waals surface area contributed by atoms with Crippen LogP contribution in [0.15, 0.2) is 36.4 Å². The van der Waals surface area contributed by atoms with Gasteiger partial charge in [0.2, 0.25) is 0 Å². The minimum absolute atomic E-state index is 0.0506. The monoisotopic (exact) mass is 468 g/mol. The zero-order valence-corrected chi connectivity index (χ0v) is 19.7. The van der Waals surface area contributed by atoms with Gasteiger partial charge >= 0.3 is 0 Å². The fourth-order valence-corrected chi connectivity index (χ4v) is 4.91. The van der Waals surface area contributed by atoms with E-state index >= 15 is 0 Å². The van der Waals surface area contributed by atoms with E-state index in [0.717, 1.165) is 56.5 Å². The first-order chi connectivity index (χ1) is 16.5. The van der Waals surface area contributed by atoms with Crippen LogP contribution in [0.1, 0.15) is 54.0 Å². The second-order valence-electron chi connectivity index (χ2n) is 9.39. The van der Waals surface area contributed by atoms with Crippen LogP contribution >= 0.6 is 0 Å². The molecule has 1 heterocycles. The van der Waals surface area contributed by atoms with Crippen LogP contribution in [-0.4, -0.2) is 65.0 Å². The molecular weight excluding hydrogens is 432 g/mol. The summed E-state index contributed by atoms with van der Waals surface area (Å²) in [6.07, 6.45) is 5.78. The molecule has 1 saturated heterocycles. The molecule has 1 aliphatic heterocycles. The van der Waals surface area contributed by atoms with Crippen molar-refractivity contribution in [3.8, 4) is 11.5 Å². The van der Waals surface area contributed by atoms with E-state index in [-0.39, 0.29) is 30.9 Å². The van der Waals surface area contributed by atoms with Crippen molar-refractivity contribution in [3.63, 3.8) is 0 Å². The number of phenolic OH excluding ortho intramolecular Hbond substituents is 1. The number of rotatable bonds is 9. The standard InChI is InChI=1S/C27H36N2O5/c30-13-10-21-14-20(6-9-25(21)31)26(32)17-28-23-7-4-19-5-8-24(16-22(19)15-23)34-18-27(33)29-11-2-1-3-12-29/h5-6,8-9,14,16,23,26,28,30-32H,1-4,7,10-13,15,17-18H2/t23-,26-/m0/s1. The number of carbonyl (C=O) groups excluding carboxylic acids is 1. The van der Waals surface area contributed by atoms with Gasteiger partial charge in [-0.1, -0.05) is 12.1 Å². The predicted molar refractivity (Wildman–Crippen MR) is 130 cm³/mol. The highest BCUT2D eigenvalue weighted by Crippen LogP contribution is 2.27. The van der Waals surface area contributed by atoms with Crippen molar-refractivity contribution in [2.24, 2.45) is 0 Å². The lowest BCUT2D eigenvalue weighted by molar-refractivity contribution is -0.134. The zero-order valence-electron chi connectivity index (χ0n) is 19.7. The van der Waals surface area contributed by atoms with Gasteiger partial charge in [0.15, 0.2) is 6.61 Å². The first kappa shape index (κ1) is 24.5. The van der Waals surface area contributed by atoms with Crippen LogP contribution in [0.5, 0.6) is 11.5 Å². The van der Waals surface area contributed by atoms with E-state index in [4.69, 9.17) is 9.84 Å². The number of likely N-dealkylation sites (tertiary alicyclic amines) is 1. The summed E-state index contributed by atoms with van der Waals surface area (Å²) in [6.45, 7) is 2.10. The van der Waals surface area contributed by atoms with Crippen molar-refractivity contribution >= 4 is 5.91 Å². The van der Waals surface area contributed by atoms with Crippen LogP contribution in [0.3, 0.4) is 0 Å². The largest absolute Gasteiger partial charge is 0.508 e. The van der Waals surface area contributed by atoms with E-state index in [9.17, 15) is 15.0 Å². The third-order valence-electron chi connectivity index (χ3n) is 6.95. The number of carbonyl (C=O) groups is 1. The van der Waals surface area contributed by atoms with Gasteiger partial charge in [0.05, 0.1) is 6.10 Å². The van der Waals surface area contributed by atoms with Crippen molar-refractivity contribution in [2.45, 2.75) is 57.1 Å². The molecule has 1 amide bonds. The quantitative estimate of drug-likeness (QED) is 0.451. The Morgan fingerprint density at radius 2 is 1.94 bits per heavy atom. The Morgan fingerprint density at radius 1 is 1.12 bits per heavy atom. The van der Waals surface area contributed by atoms with E-state index in [1.165, 1.54) is 17.5 Å².